The second-order valence-corrected chi connectivity index (χ2v) is 8.71. The zero-order valence-corrected chi connectivity index (χ0v) is 16.5. The normalized spacial score (nSPS) is 17.8. The van der Waals surface area contributed by atoms with Crippen molar-refractivity contribution >= 4 is 0 Å². The first-order valence-electron chi connectivity index (χ1n) is 9.51. The van der Waals surface area contributed by atoms with Crippen LogP contribution < -0.4 is 0 Å². The molecule has 4 heteroatoms. The van der Waals surface area contributed by atoms with E-state index in [0.717, 1.165) is 43.7 Å². The SMILES string of the molecule is Cn1ccc(-c2ccc(CN3CCC(CC#N)(C(C)(C)C)CC3)cc2)n1. The molecule has 0 amide bonds. The van der Waals surface area contributed by atoms with Crippen LogP contribution in [0, 0.1) is 22.2 Å². The Kier molecular flexibility index (Phi) is 5.20. The average molecular weight is 351 g/mol. The van der Waals surface area contributed by atoms with Gasteiger partial charge in [-0.25, -0.2) is 0 Å². The molecule has 3 rings (SSSR count). The van der Waals surface area contributed by atoms with E-state index in [1.165, 1.54) is 5.56 Å². The predicted octanol–water partition coefficient (Wildman–Crippen LogP) is 4.63. The van der Waals surface area contributed by atoms with Crippen molar-refractivity contribution in [1.29, 1.82) is 5.26 Å². The summed E-state index contributed by atoms with van der Waals surface area (Å²) in [4.78, 5) is 2.52. The number of aryl methyl sites for hydroxylation is 1. The average Bonchev–Trinajstić information content (AvgIpc) is 3.03. The van der Waals surface area contributed by atoms with Crippen LogP contribution in [0.4, 0.5) is 0 Å². The van der Waals surface area contributed by atoms with Crippen LogP contribution in [0.5, 0.6) is 0 Å². The summed E-state index contributed by atoms with van der Waals surface area (Å²) < 4.78 is 1.83. The van der Waals surface area contributed by atoms with Crippen LogP contribution >= 0.6 is 0 Å². The van der Waals surface area contributed by atoms with Gasteiger partial charge in [-0.1, -0.05) is 45.0 Å². The van der Waals surface area contributed by atoms with Gasteiger partial charge in [-0.2, -0.15) is 10.4 Å². The lowest BCUT2D eigenvalue weighted by Gasteiger charge is -2.49. The highest BCUT2D eigenvalue weighted by Crippen LogP contribution is 2.49. The summed E-state index contributed by atoms with van der Waals surface area (Å²) >= 11 is 0. The van der Waals surface area contributed by atoms with Crippen LogP contribution in [0.15, 0.2) is 36.5 Å². The van der Waals surface area contributed by atoms with E-state index in [9.17, 15) is 5.26 Å². The van der Waals surface area contributed by atoms with Gasteiger partial charge in [0, 0.05) is 31.8 Å². The molecule has 1 aromatic carbocycles. The summed E-state index contributed by atoms with van der Waals surface area (Å²) in [5, 5.41) is 13.8. The Morgan fingerprint density at radius 1 is 1.12 bits per heavy atom. The number of hydrogen-bond donors (Lipinski definition) is 0. The zero-order valence-electron chi connectivity index (χ0n) is 16.5. The van der Waals surface area contributed by atoms with Gasteiger partial charge in [-0.3, -0.25) is 9.58 Å². The van der Waals surface area contributed by atoms with Gasteiger partial charge in [0.15, 0.2) is 0 Å². The maximum Gasteiger partial charge on any atom is 0.0923 e. The summed E-state index contributed by atoms with van der Waals surface area (Å²) in [5.41, 5.74) is 3.85. The molecule has 0 atom stereocenters. The van der Waals surface area contributed by atoms with Crippen LogP contribution in [-0.4, -0.2) is 27.8 Å². The number of nitriles is 1. The first-order valence-corrected chi connectivity index (χ1v) is 9.51. The highest BCUT2D eigenvalue weighted by Gasteiger charge is 2.43. The molecule has 0 radical (unpaired) electrons. The Morgan fingerprint density at radius 2 is 1.77 bits per heavy atom. The van der Waals surface area contributed by atoms with Gasteiger partial charge >= 0.3 is 0 Å². The Balaban J connectivity index is 1.62. The number of nitrogens with zero attached hydrogens (tertiary/aromatic N) is 4. The van der Waals surface area contributed by atoms with Gasteiger partial charge in [-0.15, -0.1) is 0 Å². The standard InChI is InChI=1S/C22H30N4/c1-21(2,3)22(10-13-23)11-15-26(16-12-22)17-18-5-7-19(8-6-18)20-9-14-25(4)24-20/h5-9,14H,10-12,15-17H2,1-4H3. The van der Waals surface area contributed by atoms with E-state index >= 15 is 0 Å². The maximum atomic E-state index is 9.30. The van der Waals surface area contributed by atoms with Crippen molar-refractivity contribution in [3.8, 4) is 17.3 Å². The highest BCUT2D eigenvalue weighted by atomic mass is 15.2. The van der Waals surface area contributed by atoms with E-state index in [1.807, 2.05) is 24.0 Å². The molecule has 1 saturated heterocycles. The summed E-state index contributed by atoms with van der Waals surface area (Å²) in [6, 6.07) is 13.2. The lowest BCUT2D eigenvalue weighted by atomic mass is 9.60. The van der Waals surface area contributed by atoms with Crippen molar-refractivity contribution in [2.75, 3.05) is 13.1 Å². The van der Waals surface area contributed by atoms with Crippen molar-refractivity contribution in [3.63, 3.8) is 0 Å². The van der Waals surface area contributed by atoms with E-state index in [2.05, 4.69) is 61.1 Å². The lowest BCUT2D eigenvalue weighted by Crippen LogP contribution is -2.46. The third-order valence-electron chi connectivity index (χ3n) is 6.19. The van der Waals surface area contributed by atoms with E-state index in [-0.39, 0.29) is 10.8 Å². The molecule has 2 aromatic rings. The van der Waals surface area contributed by atoms with Crippen molar-refractivity contribution in [1.82, 2.24) is 14.7 Å². The number of rotatable bonds is 4. The van der Waals surface area contributed by atoms with Gasteiger partial charge in [0.25, 0.3) is 0 Å². The van der Waals surface area contributed by atoms with E-state index in [0.29, 0.717) is 6.42 Å². The monoisotopic (exact) mass is 350 g/mol. The Bertz CT molecular complexity index is 766. The van der Waals surface area contributed by atoms with Crippen LogP contribution in [0.25, 0.3) is 11.3 Å². The highest BCUT2D eigenvalue weighted by molar-refractivity contribution is 5.58. The third kappa shape index (κ3) is 3.83. The molecule has 138 valence electrons. The lowest BCUT2D eigenvalue weighted by molar-refractivity contribution is 0.00711. The fourth-order valence-corrected chi connectivity index (χ4v) is 4.09. The summed E-state index contributed by atoms with van der Waals surface area (Å²) in [6.45, 7) is 9.99. The molecule has 0 spiro atoms. The van der Waals surface area contributed by atoms with Crippen LogP contribution in [0.1, 0.15) is 45.6 Å². The number of piperidine rings is 1. The maximum absolute atomic E-state index is 9.30. The second-order valence-electron chi connectivity index (χ2n) is 8.71. The van der Waals surface area contributed by atoms with Crippen LogP contribution in [0.3, 0.4) is 0 Å². The molecule has 0 N–H and O–H groups in total. The minimum absolute atomic E-state index is 0.154. The molecule has 1 aliphatic heterocycles. The van der Waals surface area contributed by atoms with E-state index < -0.39 is 0 Å². The van der Waals surface area contributed by atoms with E-state index in [4.69, 9.17) is 0 Å². The molecule has 0 bridgehead atoms. The number of benzene rings is 1. The van der Waals surface area contributed by atoms with Gasteiger partial charge < -0.3 is 0 Å². The topological polar surface area (TPSA) is 44.9 Å². The smallest absolute Gasteiger partial charge is 0.0923 e. The van der Waals surface area contributed by atoms with Gasteiger partial charge in [0.05, 0.1) is 11.8 Å². The number of aromatic nitrogens is 2. The quantitative estimate of drug-likeness (QED) is 0.807. The van der Waals surface area contributed by atoms with Crippen molar-refractivity contribution in [2.45, 2.75) is 46.6 Å². The number of hydrogen-bond acceptors (Lipinski definition) is 3. The third-order valence-corrected chi connectivity index (χ3v) is 6.19. The first kappa shape index (κ1) is 18.7. The fourth-order valence-electron chi connectivity index (χ4n) is 4.09. The molecule has 0 unspecified atom stereocenters. The fraction of sp³-hybridized carbons (Fsp3) is 0.545. The van der Waals surface area contributed by atoms with Crippen molar-refractivity contribution in [2.24, 2.45) is 17.9 Å². The van der Waals surface area contributed by atoms with Gasteiger partial charge in [0.1, 0.15) is 0 Å². The van der Waals surface area contributed by atoms with Crippen molar-refractivity contribution in [3.05, 3.63) is 42.1 Å². The number of likely N-dealkylation sites (tertiary alicyclic amines) is 1. The summed E-state index contributed by atoms with van der Waals surface area (Å²) in [7, 11) is 1.94. The van der Waals surface area contributed by atoms with Crippen molar-refractivity contribution < 1.29 is 0 Å². The van der Waals surface area contributed by atoms with E-state index in [1.54, 1.807) is 0 Å². The molecule has 2 heterocycles. The molecule has 4 nitrogen and oxygen atoms in total. The predicted molar refractivity (Wildman–Crippen MR) is 105 cm³/mol. The van der Waals surface area contributed by atoms with Gasteiger partial charge in [-0.05, 0) is 48.4 Å². The Morgan fingerprint density at radius 3 is 2.27 bits per heavy atom. The Labute approximate surface area is 157 Å². The van der Waals surface area contributed by atoms with Crippen LogP contribution in [0.2, 0.25) is 0 Å². The molecule has 0 aliphatic carbocycles. The molecule has 0 saturated carbocycles. The summed E-state index contributed by atoms with van der Waals surface area (Å²) in [5.74, 6) is 0. The molecule has 1 fully saturated rings. The Hall–Kier alpha value is -2.12. The summed E-state index contributed by atoms with van der Waals surface area (Å²) in [6.07, 6.45) is 4.86. The van der Waals surface area contributed by atoms with Gasteiger partial charge in [0.2, 0.25) is 0 Å². The molecular weight excluding hydrogens is 320 g/mol. The van der Waals surface area contributed by atoms with Crippen LogP contribution in [-0.2, 0) is 13.6 Å². The zero-order chi connectivity index (χ0) is 18.8. The molecule has 1 aromatic heterocycles. The molecule has 1 aliphatic rings. The minimum atomic E-state index is 0.154. The largest absolute Gasteiger partial charge is 0.299 e. The minimum Gasteiger partial charge on any atom is -0.299 e. The first-order chi connectivity index (χ1) is 12.3. The molecule has 26 heavy (non-hydrogen) atoms. The second kappa shape index (κ2) is 7.25. The molecular formula is C22H30N4.